The zero-order valence-corrected chi connectivity index (χ0v) is 13.8. The first kappa shape index (κ1) is 16.2. The summed E-state index contributed by atoms with van der Waals surface area (Å²) in [5.41, 5.74) is 1.29. The number of sulfone groups is 1. The van der Waals surface area contributed by atoms with E-state index in [4.69, 9.17) is 0 Å². The summed E-state index contributed by atoms with van der Waals surface area (Å²) in [6.07, 6.45) is 1.00. The van der Waals surface area contributed by atoms with Gasteiger partial charge in [0.05, 0.1) is 5.75 Å². The van der Waals surface area contributed by atoms with Crippen molar-refractivity contribution >= 4 is 15.6 Å². The number of hydrogen-bond acceptors (Lipinski definition) is 5. The third-order valence-electron chi connectivity index (χ3n) is 4.27. The molecule has 0 radical (unpaired) electrons. The Balaban J connectivity index is 2.00. The molecule has 1 unspecified atom stereocenters. The van der Waals surface area contributed by atoms with Crippen molar-refractivity contribution in [1.82, 2.24) is 19.6 Å². The number of halogens is 2. The summed E-state index contributed by atoms with van der Waals surface area (Å²) < 4.78 is 54.5. The maximum absolute atomic E-state index is 14.0. The average Bonchev–Trinajstić information content (AvgIpc) is 2.85. The van der Waals surface area contributed by atoms with E-state index >= 15 is 0 Å². The highest BCUT2D eigenvalue weighted by Crippen LogP contribution is 2.39. The van der Waals surface area contributed by atoms with E-state index in [0.29, 0.717) is 24.2 Å². The number of rotatable bonds is 3. The number of alkyl halides is 2. The van der Waals surface area contributed by atoms with Crippen molar-refractivity contribution in [3.05, 3.63) is 17.5 Å². The number of hydrogen-bond donors (Lipinski definition) is 0. The molecule has 0 spiro atoms. The monoisotopic (exact) mass is 344 g/mol. The summed E-state index contributed by atoms with van der Waals surface area (Å²) >= 11 is 0. The standard InChI is InChI=1S/C14H18F2N4O2S/c1-9-7-10(2)20-12(17-9)18-19-13(20)23(21,22)8-11-5-3-4-6-14(11,15)16/h7,11H,3-6,8H2,1-2H3. The van der Waals surface area contributed by atoms with Crippen LogP contribution in [-0.4, -0.2) is 39.7 Å². The Morgan fingerprint density at radius 1 is 1.30 bits per heavy atom. The van der Waals surface area contributed by atoms with Crippen LogP contribution in [-0.2, 0) is 9.84 Å². The average molecular weight is 344 g/mol. The molecule has 2 aromatic rings. The van der Waals surface area contributed by atoms with Crippen LogP contribution in [0.3, 0.4) is 0 Å². The molecule has 1 aliphatic carbocycles. The molecule has 2 aromatic heterocycles. The van der Waals surface area contributed by atoms with Crippen LogP contribution in [0.1, 0.15) is 37.1 Å². The Morgan fingerprint density at radius 2 is 2.04 bits per heavy atom. The van der Waals surface area contributed by atoms with Crippen molar-refractivity contribution in [1.29, 1.82) is 0 Å². The number of aromatic nitrogens is 4. The van der Waals surface area contributed by atoms with Crippen molar-refractivity contribution in [2.24, 2.45) is 5.92 Å². The molecule has 0 amide bonds. The Hall–Kier alpha value is -1.64. The van der Waals surface area contributed by atoms with E-state index < -0.39 is 27.4 Å². The van der Waals surface area contributed by atoms with Gasteiger partial charge in [0.15, 0.2) is 0 Å². The molecule has 6 nitrogen and oxygen atoms in total. The van der Waals surface area contributed by atoms with Gasteiger partial charge in [-0.3, -0.25) is 4.40 Å². The topological polar surface area (TPSA) is 77.2 Å². The first-order valence-electron chi connectivity index (χ1n) is 7.51. The lowest BCUT2D eigenvalue weighted by molar-refractivity contribution is -0.0770. The third kappa shape index (κ3) is 2.93. The smallest absolute Gasteiger partial charge is 0.254 e. The van der Waals surface area contributed by atoms with E-state index in [-0.39, 0.29) is 23.8 Å². The summed E-state index contributed by atoms with van der Waals surface area (Å²) in [4.78, 5) is 4.12. The van der Waals surface area contributed by atoms with Gasteiger partial charge in [-0.2, -0.15) is 0 Å². The molecule has 0 aromatic carbocycles. The number of aryl methyl sites for hydroxylation is 2. The highest BCUT2D eigenvalue weighted by Gasteiger charge is 2.44. The maximum Gasteiger partial charge on any atom is 0.256 e. The summed E-state index contributed by atoms with van der Waals surface area (Å²) in [6.45, 7) is 3.47. The zero-order valence-electron chi connectivity index (χ0n) is 13.0. The fourth-order valence-corrected chi connectivity index (χ4v) is 4.87. The van der Waals surface area contributed by atoms with Gasteiger partial charge in [0.2, 0.25) is 9.84 Å². The molecule has 2 heterocycles. The van der Waals surface area contributed by atoms with Gasteiger partial charge in [0.25, 0.3) is 16.9 Å². The number of fused-ring (bicyclic) bond motifs is 1. The van der Waals surface area contributed by atoms with E-state index in [2.05, 4.69) is 15.2 Å². The second kappa shape index (κ2) is 5.47. The van der Waals surface area contributed by atoms with Crippen LogP contribution in [0, 0.1) is 19.8 Å². The minimum atomic E-state index is -3.98. The zero-order chi connectivity index (χ0) is 16.8. The minimum absolute atomic E-state index is 0.163. The van der Waals surface area contributed by atoms with E-state index in [1.165, 1.54) is 4.40 Å². The number of nitrogens with zero attached hydrogens (tertiary/aromatic N) is 4. The van der Waals surface area contributed by atoms with Crippen LogP contribution < -0.4 is 0 Å². The maximum atomic E-state index is 14.0. The van der Waals surface area contributed by atoms with Crippen LogP contribution in [0.15, 0.2) is 11.2 Å². The predicted octanol–water partition coefficient (Wildman–Crippen LogP) is 2.34. The van der Waals surface area contributed by atoms with Crippen LogP contribution >= 0.6 is 0 Å². The molecule has 0 N–H and O–H groups in total. The summed E-state index contributed by atoms with van der Waals surface area (Å²) in [5.74, 6) is -4.58. The SMILES string of the molecule is Cc1cc(C)n2c(S(=O)(=O)CC3CCCCC3(F)F)nnc2n1. The normalized spacial score (nSPS) is 21.7. The van der Waals surface area contributed by atoms with Crippen LogP contribution in [0.25, 0.3) is 5.78 Å². The van der Waals surface area contributed by atoms with E-state index in [0.717, 1.165) is 0 Å². The fourth-order valence-electron chi connectivity index (χ4n) is 3.11. The Labute approximate surface area is 132 Å². The highest BCUT2D eigenvalue weighted by molar-refractivity contribution is 7.91. The molecule has 23 heavy (non-hydrogen) atoms. The molecule has 0 bridgehead atoms. The predicted molar refractivity (Wildman–Crippen MR) is 79.2 cm³/mol. The van der Waals surface area contributed by atoms with E-state index in [1.54, 1.807) is 19.9 Å². The van der Waals surface area contributed by atoms with Crippen molar-refractivity contribution in [2.75, 3.05) is 5.75 Å². The molecule has 0 saturated heterocycles. The first-order chi connectivity index (χ1) is 10.7. The summed E-state index contributed by atoms with van der Waals surface area (Å²) in [6, 6.07) is 1.70. The van der Waals surface area contributed by atoms with Gasteiger partial charge >= 0.3 is 0 Å². The summed E-state index contributed by atoms with van der Waals surface area (Å²) in [7, 11) is -3.98. The summed E-state index contributed by atoms with van der Waals surface area (Å²) in [5, 5.41) is 7.16. The third-order valence-corrected chi connectivity index (χ3v) is 5.93. The second-order valence-corrected chi connectivity index (χ2v) is 8.07. The fraction of sp³-hybridized carbons (Fsp3) is 0.643. The molecule has 0 aliphatic heterocycles. The van der Waals surface area contributed by atoms with Crippen LogP contribution in [0.4, 0.5) is 8.78 Å². The minimum Gasteiger partial charge on any atom is -0.254 e. The van der Waals surface area contributed by atoms with Crippen molar-refractivity contribution in [2.45, 2.75) is 50.6 Å². The van der Waals surface area contributed by atoms with E-state index in [1.807, 2.05) is 0 Å². The first-order valence-corrected chi connectivity index (χ1v) is 9.16. The molecule has 1 aliphatic rings. The second-order valence-electron chi connectivity index (χ2n) is 6.14. The lowest BCUT2D eigenvalue weighted by atomic mass is 9.87. The van der Waals surface area contributed by atoms with Gasteiger partial charge in [-0.15, -0.1) is 10.2 Å². The van der Waals surface area contributed by atoms with Crippen molar-refractivity contribution < 1.29 is 17.2 Å². The molecule has 1 saturated carbocycles. The quantitative estimate of drug-likeness (QED) is 0.854. The van der Waals surface area contributed by atoms with Gasteiger partial charge in [0, 0.05) is 23.7 Å². The van der Waals surface area contributed by atoms with Gasteiger partial charge < -0.3 is 0 Å². The van der Waals surface area contributed by atoms with Gasteiger partial charge in [0.1, 0.15) is 0 Å². The molecular weight excluding hydrogens is 326 g/mol. The molecule has 126 valence electrons. The van der Waals surface area contributed by atoms with E-state index in [9.17, 15) is 17.2 Å². The van der Waals surface area contributed by atoms with Gasteiger partial charge in [-0.1, -0.05) is 6.42 Å². The lowest BCUT2D eigenvalue weighted by Gasteiger charge is -2.30. The molecule has 1 atom stereocenters. The Bertz CT molecular complexity index is 848. The van der Waals surface area contributed by atoms with Crippen LogP contribution in [0.2, 0.25) is 0 Å². The van der Waals surface area contributed by atoms with Gasteiger partial charge in [-0.05, 0) is 32.8 Å². The van der Waals surface area contributed by atoms with Crippen molar-refractivity contribution in [3.63, 3.8) is 0 Å². The highest BCUT2D eigenvalue weighted by atomic mass is 32.2. The Kier molecular flexibility index (Phi) is 3.86. The van der Waals surface area contributed by atoms with Crippen molar-refractivity contribution in [3.8, 4) is 0 Å². The molecular formula is C14H18F2N4O2S. The molecule has 9 heteroatoms. The Morgan fingerprint density at radius 3 is 2.74 bits per heavy atom. The largest absolute Gasteiger partial charge is 0.256 e. The molecule has 3 rings (SSSR count). The molecule has 1 fully saturated rings. The van der Waals surface area contributed by atoms with Crippen LogP contribution in [0.5, 0.6) is 0 Å². The van der Waals surface area contributed by atoms with Gasteiger partial charge in [-0.25, -0.2) is 22.2 Å². The lowest BCUT2D eigenvalue weighted by Crippen LogP contribution is -2.37.